The number of hydrogen-bond donors (Lipinski definition) is 1. The standard InChI is InChI=1S/C22H20ClNO5/c1-12-22(13(2)29-24-12)18-7-14(3-6-19(18)23)10-27-16-4-5-17-15(8-21(25)26)11-28-20(17)9-16/h3-7,9,15H,8,10-11H2,1-2H3,(H,25,26). The quantitative estimate of drug-likeness (QED) is 0.602. The van der Waals surface area contributed by atoms with Crippen LogP contribution in [0.3, 0.4) is 0 Å². The van der Waals surface area contributed by atoms with Crippen LogP contribution in [0.1, 0.15) is 34.9 Å². The molecule has 1 N–H and O–H groups in total. The van der Waals surface area contributed by atoms with Crippen molar-refractivity contribution < 1.29 is 23.9 Å². The van der Waals surface area contributed by atoms with Crippen molar-refractivity contribution in [1.82, 2.24) is 5.16 Å². The summed E-state index contributed by atoms with van der Waals surface area (Å²) < 4.78 is 16.8. The number of ether oxygens (including phenoxy) is 2. The zero-order chi connectivity index (χ0) is 20.5. The Morgan fingerprint density at radius 1 is 1.28 bits per heavy atom. The number of aromatic nitrogens is 1. The fourth-order valence-corrected chi connectivity index (χ4v) is 3.83. The van der Waals surface area contributed by atoms with Crippen LogP contribution >= 0.6 is 11.6 Å². The van der Waals surface area contributed by atoms with E-state index in [1.807, 2.05) is 50.2 Å². The van der Waals surface area contributed by atoms with Crippen molar-refractivity contribution in [2.24, 2.45) is 0 Å². The maximum Gasteiger partial charge on any atom is 0.304 e. The third-order valence-corrected chi connectivity index (χ3v) is 5.35. The molecule has 4 rings (SSSR count). The summed E-state index contributed by atoms with van der Waals surface area (Å²) in [7, 11) is 0. The smallest absolute Gasteiger partial charge is 0.304 e. The number of aryl methyl sites for hydroxylation is 2. The molecule has 7 heteroatoms. The molecule has 3 aromatic rings. The van der Waals surface area contributed by atoms with Crippen LogP contribution < -0.4 is 9.47 Å². The van der Waals surface area contributed by atoms with E-state index in [1.165, 1.54) is 0 Å². The summed E-state index contributed by atoms with van der Waals surface area (Å²) in [6.45, 7) is 4.47. The lowest BCUT2D eigenvalue weighted by atomic mass is 9.98. The van der Waals surface area contributed by atoms with Crippen molar-refractivity contribution in [3.63, 3.8) is 0 Å². The van der Waals surface area contributed by atoms with E-state index in [9.17, 15) is 4.79 Å². The Labute approximate surface area is 173 Å². The van der Waals surface area contributed by atoms with E-state index in [1.54, 1.807) is 0 Å². The second-order valence-corrected chi connectivity index (χ2v) is 7.51. The lowest BCUT2D eigenvalue weighted by Gasteiger charge is -2.11. The van der Waals surface area contributed by atoms with Gasteiger partial charge < -0.3 is 19.1 Å². The molecule has 0 radical (unpaired) electrons. The van der Waals surface area contributed by atoms with Crippen molar-refractivity contribution in [1.29, 1.82) is 0 Å². The highest BCUT2D eigenvalue weighted by Gasteiger charge is 2.26. The van der Waals surface area contributed by atoms with Gasteiger partial charge in [0.1, 0.15) is 23.9 Å². The first-order valence-corrected chi connectivity index (χ1v) is 9.63. The molecule has 1 aliphatic heterocycles. The Hall–Kier alpha value is -2.99. The summed E-state index contributed by atoms with van der Waals surface area (Å²) in [4.78, 5) is 11.0. The van der Waals surface area contributed by atoms with Crippen LogP contribution in [-0.4, -0.2) is 22.8 Å². The predicted molar refractivity (Wildman–Crippen MR) is 108 cm³/mol. The van der Waals surface area contributed by atoms with Crippen molar-refractivity contribution >= 4 is 17.6 Å². The van der Waals surface area contributed by atoms with Crippen molar-refractivity contribution in [3.05, 3.63) is 64.0 Å². The average Bonchev–Trinajstić information content (AvgIpc) is 3.23. The first-order chi connectivity index (χ1) is 13.9. The van der Waals surface area contributed by atoms with E-state index < -0.39 is 5.97 Å². The molecule has 1 atom stereocenters. The first-order valence-electron chi connectivity index (χ1n) is 9.25. The van der Waals surface area contributed by atoms with Gasteiger partial charge in [-0.05, 0) is 37.6 Å². The summed E-state index contributed by atoms with van der Waals surface area (Å²) in [5, 5.41) is 13.6. The second kappa shape index (κ2) is 7.79. The van der Waals surface area contributed by atoms with Gasteiger partial charge in [0.15, 0.2) is 0 Å². The molecule has 1 aliphatic rings. The van der Waals surface area contributed by atoms with Gasteiger partial charge in [0.05, 0.1) is 18.7 Å². The fraction of sp³-hybridized carbons (Fsp3) is 0.273. The predicted octanol–water partition coefficient (Wildman–Crippen LogP) is 5.14. The summed E-state index contributed by atoms with van der Waals surface area (Å²) in [6, 6.07) is 11.3. The van der Waals surface area contributed by atoms with E-state index in [2.05, 4.69) is 5.16 Å². The molecule has 29 heavy (non-hydrogen) atoms. The van der Waals surface area contributed by atoms with Gasteiger partial charge in [-0.3, -0.25) is 4.79 Å². The fourth-order valence-electron chi connectivity index (χ4n) is 3.61. The molecule has 6 nitrogen and oxygen atoms in total. The number of hydrogen-bond acceptors (Lipinski definition) is 5. The van der Waals surface area contributed by atoms with Gasteiger partial charge in [-0.2, -0.15) is 0 Å². The topological polar surface area (TPSA) is 81.8 Å². The highest BCUT2D eigenvalue weighted by atomic mass is 35.5. The molecule has 1 aromatic heterocycles. The Morgan fingerprint density at radius 3 is 2.83 bits per heavy atom. The normalized spacial score (nSPS) is 15.1. The second-order valence-electron chi connectivity index (χ2n) is 7.11. The number of aliphatic carboxylic acids is 1. The molecule has 0 bridgehead atoms. The third kappa shape index (κ3) is 3.93. The number of nitrogens with zero attached hydrogens (tertiary/aromatic N) is 1. The molecular formula is C22H20ClNO5. The largest absolute Gasteiger partial charge is 0.492 e. The molecule has 1 unspecified atom stereocenters. The Bertz CT molecular complexity index is 1060. The monoisotopic (exact) mass is 413 g/mol. The zero-order valence-corrected chi connectivity index (χ0v) is 16.8. The zero-order valence-electron chi connectivity index (χ0n) is 16.1. The Kier molecular flexibility index (Phi) is 5.20. The Balaban J connectivity index is 1.50. The van der Waals surface area contributed by atoms with E-state index in [4.69, 9.17) is 30.7 Å². The van der Waals surface area contributed by atoms with Crippen molar-refractivity contribution in [2.75, 3.05) is 6.61 Å². The van der Waals surface area contributed by atoms with Crippen molar-refractivity contribution in [3.8, 4) is 22.6 Å². The summed E-state index contributed by atoms with van der Waals surface area (Å²) in [5.74, 6) is 1.11. The molecule has 2 aromatic carbocycles. The van der Waals surface area contributed by atoms with Gasteiger partial charge in [0.2, 0.25) is 0 Å². The minimum atomic E-state index is -0.830. The number of halogens is 1. The van der Waals surface area contributed by atoms with Crippen LogP contribution in [0.25, 0.3) is 11.1 Å². The maximum absolute atomic E-state index is 11.0. The van der Waals surface area contributed by atoms with Gasteiger partial charge >= 0.3 is 5.97 Å². The number of carbonyl (C=O) groups is 1. The average molecular weight is 414 g/mol. The summed E-state index contributed by atoms with van der Waals surface area (Å²) in [6.07, 6.45) is 0.0580. The van der Waals surface area contributed by atoms with E-state index >= 15 is 0 Å². The van der Waals surface area contributed by atoms with E-state index in [-0.39, 0.29) is 12.3 Å². The molecular weight excluding hydrogens is 394 g/mol. The number of carboxylic acid groups (broad SMARTS) is 1. The van der Waals surface area contributed by atoms with Gasteiger partial charge in [-0.15, -0.1) is 0 Å². The highest BCUT2D eigenvalue weighted by molar-refractivity contribution is 6.33. The van der Waals surface area contributed by atoms with E-state index in [0.717, 1.165) is 27.9 Å². The van der Waals surface area contributed by atoms with Crippen LogP contribution in [0.15, 0.2) is 40.9 Å². The van der Waals surface area contributed by atoms with Crippen LogP contribution in [0.4, 0.5) is 0 Å². The highest BCUT2D eigenvalue weighted by Crippen LogP contribution is 2.38. The minimum Gasteiger partial charge on any atom is -0.492 e. The van der Waals surface area contributed by atoms with Crippen LogP contribution in [0, 0.1) is 13.8 Å². The molecule has 0 fully saturated rings. The van der Waals surface area contributed by atoms with Gasteiger partial charge in [0.25, 0.3) is 0 Å². The van der Waals surface area contributed by atoms with Crippen molar-refractivity contribution in [2.45, 2.75) is 32.8 Å². The molecule has 150 valence electrons. The van der Waals surface area contributed by atoms with Crippen LogP contribution in [-0.2, 0) is 11.4 Å². The van der Waals surface area contributed by atoms with Gasteiger partial charge in [-0.1, -0.05) is 28.9 Å². The first kappa shape index (κ1) is 19.3. The number of fused-ring (bicyclic) bond motifs is 1. The van der Waals surface area contributed by atoms with Crippen LogP contribution in [0.5, 0.6) is 11.5 Å². The minimum absolute atomic E-state index is 0.0580. The SMILES string of the molecule is Cc1noc(C)c1-c1cc(COc2ccc3c(c2)OCC3CC(=O)O)ccc1Cl. The summed E-state index contributed by atoms with van der Waals surface area (Å²) in [5.41, 5.74) is 4.40. The molecule has 0 spiro atoms. The molecule has 0 aliphatic carbocycles. The maximum atomic E-state index is 11.0. The lowest BCUT2D eigenvalue weighted by molar-refractivity contribution is -0.137. The van der Waals surface area contributed by atoms with Crippen LogP contribution in [0.2, 0.25) is 5.02 Å². The molecule has 2 heterocycles. The number of carboxylic acids is 1. The molecule has 0 saturated heterocycles. The molecule has 0 amide bonds. The Morgan fingerprint density at radius 2 is 2.10 bits per heavy atom. The molecule has 0 saturated carbocycles. The number of rotatable bonds is 6. The number of benzene rings is 2. The lowest BCUT2D eigenvalue weighted by Crippen LogP contribution is -2.07. The summed E-state index contributed by atoms with van der Waals surface area (Å²) >= 11 is 6.39. The van der Waals surface area contributed by atoms with Gasteiger partial charge in [-0.25, -0.2) is 0 Å². The third-order valence-electron chi connectivity index (χ3n) is 5.02. The van der Waals surface area contributed by atoms with Gasteiger partial charge in [0, 0.05) is 33.7 Å². The van der Waals surface area contributed by atoms with E-state index in [0.29, 0.717) is 35.5 Å².